The third kappa shape index (κ3) is 3.50. The second-order valence-electron chi connectivity index (χ2n) is 6.34. The normalized spacial score (nSPS) is 16.7. The van der Waals surface area contributed by atoms with Gasteiger partial charge in [-0.2, -0.15) is 0 Å². The van der Waals surface area contributed by atoms with Crippen LogP contribution in [0, 0.1) is 5.92 Å². The third-order valence-electron chi connectivity index (χ3n) is 4.60. The van der Waals surface area contributed by atoms with Gasteiger partial charge in [0, 0.05) is 17.9 Å². The lowest BCUT2D eigenvalue weighted by Gasteiger charge is -2.16. The third-order valence-corrected chi connectivity index (χ3v) is 5.78. The van der Waals surface area contributed by atoms with Crippen LogP contribution in [0.25, 0.3) is 16.9 Å². The average molecular weight is 366 g/mol. The van der Waals surface area contributed by atoms with Gasteiger partial charge in [0.25, 0.3) is 0 Å². The maximum Gasteiger partial charge on any atom is 0.173 e. The molecule has 1 aliphatic heterocycles. The SMILES string of the molecule is COc1ccccc1-n1c(-c2ccccc2)cnc1SCC1CCOC1. The number of imidazole rings is 1. The fraction of sp³-hybridized carbons (Fsp3) is 0.286. The van der Waals surface area contributed by atoms with Crippen molar-refractivity contribution in [3.05, 3.63) is 60.8 Å². The molecule has 4 rings (SSSR count). The number of thioether (sulfide) groups is 1. The number of ether oxygens (including phenoxy) is 2. The lowest BCUT2D eigenvalue weighted by molar-refractivity contribution is 0.189. The summed E-state index contributed by atoms with van der Waals surface area (Å²) < 4.78 is 13.3. The minimum absolute atomic E-state index is 0.600. The van der Waals surface area contributed by atoms with E-state index in [1.807, 2.05) is 30.5 Å². The molecule has 0 bridgehead atoms. The summed E-state index contributed by atoms with van der Waals surface area (Å²) in [7, 11) is 1.71. The Morgan fingerprint density at radius 3 is 2.73 bits per heavy atom. The number of rotatable bonds is 6. The zero-order chi connectivity index (χ0) is 17.8. The first-order chi connectivity index (χ1) is 12.9. The first kappa shape index (κ1) is 17.2. The van der Waals surface area contributed by atoms with Crippen LogP contribution < -0.4 is 4.74 Å². The van der Waals surface area contributed by atoms with Crippen LogP contribution in [-0.2, 0) is 4.74 Å². The zero-order valence-corrected chi connectivity index (χ0v) is 15.6. The standard InChI is InChI=1S/C21H22N2O2S/c1-24-20-10-6-5-9-18(20)23-19(17-7-3-2-4-8-17)13-22-21(23)26-15-16-11-12-25-14-16/h2-10,13,16H,11-12,14-15H2,1H3. The van der Waals surface area contributed by atoms with E-state index >= 15 is 0 Å². The van der Waals surface area contributed by atoms with Crippen LogP contribution in [-0.4, -0.2) is 35.6 Å². The minimum atomic E-state index is 0.600. The molecule has 2 heterocycles. The van der Waals surface area contributed by atoms with Gasteiger partial charge in [0.2, 0.25) is 0 Å². The molecule has 1 aromatic heterocycles. The van der Waals surface area contributed by atoms with Crippen molar-refractivity contribution in [1.82, 2.24) is 9.55 Å². The molecule has 5 heteroatoms. The summed E-state index contributed by atoms with van der Waals surface area (Å²) in [4.78, 5) is 4.73. The summed E-state index contributed by atoms with van der Waals surface area (Å²) in [6.45, 7) is 1.73. The summed E-state index contributed by atoms with van der Waals surface area (Å²) in [6.07, 6.45) is 3.09. The molecular formula is C21H22N2O2S. The molecule has 0 radical (unpaired) electrons. The van der Waals surface area contributed by atoms with Gasteiger partial charge in [-0.1, -0.05) is 54.2 Å². The van der Waals surface area contributed by atoms with Gasteiger partial charge in [0.1, 0.15) is 5.75 Å². The molecule has 134 valence electrons. The number of hydrogen-bond donors (Lipinski definition) is 0. The van der Waals surface area contributed by atoms with E-state index in [2.05, 4.69) is 34.9 Å². The van der Waals surface area contributed by atoms with Crippen LogP contribution in [0.1, 0.15) is 6.42 Å². The summed E-state index contributed by atoms with van der Waals surface area (Å²) in [5, 5.41) is 0.986. The summed E-state index contributed by atoms with van der Waals surface area (Å²) in [5.41, 5.74) is 3.22. The molecule has 1 unspecified atom stereocenters. The second kappa shape index (κ2) is 7.98. The largest absolute Gasteiger partial charge is 0.495 e. The highest BCUT2D eigenvalue weighted by Gasteiger charge is 2.20. The molecule has 0 N–H and O–H groups in total. The minimum Gasteiger partial charge on any atom is -0.495 e. The molecule has 1 aliphatic rings. The van der Waals surface area contributed by atoms with Crippen molar-refractivity contribution in [3.63, 3.8) is 0 Å². The van der Waals surface area contributed by atoms with Gasteiger partial charge < -0.3 is 9.47 Å². The molecule has 0 saturated carbocycles. The lowest BCUT2D eigenvalue weighted by atomic mass is 10.1. The predicted octanol–water partition coefficient (Wildman–Crippen LogP) is 4.68. The van der Waals surface area contributed by atoms with E-state index in [9.17, 15) is 0 Å². The molecule has 0 aliphatic carbocycles. The summed E-state index contributed by atoms with van der Waals surface area (Å²) >= 11 is 1.79. The molecule has 0 amide bonds. The summed E-state index contributed by atoms with van der Waals surface area (Å²) in [5.74, 6) is 2.46. The Morgan fingerprint density at radius 1 is 1.15 bits per heavy atom. The van der Waals surface area contributed by atoms with Gasteiger partial charge >= 0.3 is 0 Å². The van der Waals surface area contributed by atoms with Crippen LogP contribution in [0.5, 0.6) is 5.75 Å². The van der Waals surface area contributed by atoms with Gasteiger partial charge in [-0.3, -0.25) is 4.57 Å². The Bertz CT molecular complexity index is 857. The Kier molecular flexibility index (Phi) is 5.27. The van der Waals surface area contributed by atoms with Crippen molar-refractivity contribution in [2.24, 2.45) is 5.92 Å². The Morgan fingerprint density at radius 2 is 1.96 bits per heavy atom. The topological polar surface area (TPSA) is 36.3 Å². The fourth-order valence-corrected chi connectivity index (χ4v) is 4.30. The smallest absolute Gasteiger partial charge is 0.173 e. The van der Waals surface area contributed by atoms with Gasteiger partial charge in [0.05, 0.1) is 31.3 Å². The lowest BCUT2D eigenvalue weighted by Crippen LogP contribution is -2.05. The van der Waals surface area contributed by atoms with E-state index in [-0.39, 0.29) is 0 Å². The van der Waals surface area contributed by atoms with Gasteiger partial charge in [0.15, 0.2) is 5.16 Å². The van der Waals surface area contributed by atoms with Crippen LogP contribution in [0.3, 0.4) is 0 Å². The molecule has 3 aromatic rings. The first-order valence-corrected chi connectivity index (χ1v) is 9.82. The average Bonchev–Trinajstić information content (AvgIpc) is 3.36. The highest BCUT2D eigenvalue weighted by Crippen LogP contribution is 2.34. The van der Waals surface area contributed by atoms with E-state index < -0.39 is 0 Å². The fourth-order valence-electron chi connectivity index (χ4n) is 3.20. The van der Waals surface area contributed by atoms with E-state index in [4.69, 9.17) is 14.5 Å². The Balaban J connectivity index is 1.75. The number of aromatic nitrogens is 2. The van der Waals surface area contributed by atoms with Gasteiger partial charge in [-0.15, -0.1) is 0 Å². The number of nitrogens with zero attached hydrogens (tertiary/aromatic N) is 2. The predicted molar refractivity (Wildman–Crippen MR) is 105 cm³/mol. The molecule has 1 atom stereocenters. The van der Waals surface area contributed by atoms with Crippen molar-refractivity contribution < 1.29 is 9.47 Å². The quantitative estimate of drug-likeness (QED) is 0.594. The maximum absolute atomic E-state index is 5.62. The second-order valence-corrected chi connectivity index (χ2v) is 7.33. The van der Waals surface area contributed by atoms with Crippen molar-refractivity contribution in [2.75, 3.05) is 26.1 Å². The van der Waals surface area contributed by atoms with Gasteiger partial charge in [-0.25, -0.2) is 4.98 Å². The maximum atomic E-state index is 5.62. The van der Waals surface area contributed by atoms with Crippen molar-refractivity contribution in [1.29, 1.82) is 0 Å². The zero-order valence-electron chi connectivity index (χ0n) is 14.8. The first-order valence-electron chi connectivity index (χ1n) is 8.84. The Labute approximate surface area is 158 Å². The molecule has 26 heavy (non-hydrogen) atoms. The highest BCUT2D eigenvalue weighted by molar-refractivity contribution is 7.99. The van der Waals surface area contributed by atoms with Crippen LogP contribution in [0.4, 0.5) is 0 Å². The highest BCUT2D eigenvalue weighted by atomic mass is 32.2. The number of benzene rings is 2. The number of methoxy groups -OCH3 is 1. The molecule has 0 spiro atoms. The monoisotopic (exact) mass is 366 g/mol. The molecular weight excluding hydrogens is 344 g/mol. The van der Waals surface area contributed by atoms with Gasteiger partial charge in [-0.05, 0) is 24.5 Å². The van der Waals surface area contributed by atoms with Crippen LogP contribution in [0.15, 0.2) is 66.0 Å². The Hall–Kier alpha value is -2.24. The summed E-state index contributed by atoms with van der Waals surface area (Å²) in [6, 6.07) is 18.5. The molecule has 4 nitrogen and oxygen atoms in total. The van der Waals surface area contributed by atoms with E-state index in [0.717, 1.165) is 53.2 Å². The van der Waals surface area contributed by atoms with Crippen molar-refractivity contribution in [2.45, 2.75) is 11.6 Å². The van der Waals surface area contributed by atoms with Crippen LogP contribution in [0.2, 0.25) is 0 Å². The van der Waals surface area contributed by atoms with Crippen molar-refractivity contribution >= 4 is 11.8 Å². The van der Waals surface area contributed by atoms with E-state index in [1.54, 1.807) is 18.9 Å². The van der Waals surface area contributed by atoms with E-state index in [1.165, 1.54) is 0 Å². The van der Waals surface area contributed by atoms with Crippen molar-refractivity contribution in [3.8, 4) is 22.7 Å². The number of hydrogen-bond acceptors (Lipinski definition) is 4. The number of para-hydroxylation sites is 2. The van der Waals surface area contributed by atoms with E-state index in [0.29, 0.717) is 5.92 Å². The molecule has 1 saturated heterocycles. The molecule has 1 fully saturated rings. The van der Waals surface area contributed by atoms with Crippen LogP contribution >= 0.6 is 11.8 Å². The molecule has 2 aromatic carbocycles.